The van der Waals surface area contributed by atoms with Crippen LogP contribution in [0.3, 0.4) is 0 Å². The van der Waals surface area contributed by atoms with Gasteiger partial charge in [0.25, 0.3) is 0 Å². The Kier molecular flexibility index (Phi) is 46.5. The lowest BCUT2D eigenvalue weighted by Crippen LogP contribution is -2.69. The molecule has 24 aliphatic rings. The molecular weight excluding hydrogens is 1920 g/mol. The number of anilines is 1. The predicted molar refractivity (Wildman–Crippen MR) is 501 cm³/mol. The SMILES string of the molecule is CCC1OC2OC3C(CO)OC(OC4C(CO)OC(OC5C(Cn6nnc7c6CCCCCC7OCC(=O)NCCCC[C@@H](CC(=O)CCOCCOCCOCCOCCCC(=O)CCC(=O)N6Cc7ccccc7C#Cc7ccccc76)C(=O)N[C@H](C(=O)C[C@@H](C)C(=O)C(C)C)C(C)C)OC(OC6C(CO)OC(OC7C(CO)OC(OC1C(O)C2O)C(O)C7O)C(O)C6O)C(O)C5O)C(O)C4O)C(O)C3O.P. The molecule has 32 unspecified atom stereocenters. The van der Waals surface area contributed by atoms with Crippen LogP contribution in [0.25, 0.3) is 0 Å². The second-order valence-electron chi connectivity index (χ2n) is 38.3. The topological polar surface area (TPSA) is 658 Å². The van der Waals surface area contributed by atoms with Crippen LogP contribution in [0.15, 0.2) is 48.5 Å². The first-order chi connectivity index (χ1) is 68.7. The van der Waals surface area contributed by atoms with Gasteiger partial charge in [0.05, 0.1) is 109 Å². The van der Waals surface area contributed by atoms with Gasteiger partial charge in [0.15, 0.2) is 43.5 Å². The Morgan fingerprint density at radius 1 is 0.479 bits per heavy atom. The van der Waals surface area contributed by atoms with Gasteiger partial charge in [0, 0.05) is 80.6 Å². The minimum absolute atomic E-state index is 0. The highest BCUT2D eigenvalue weighted by molar-refractivity contribution is 6.92. The lowest BCUT2D eigenvalue weighted by Gasteiger charge is -2.51. The molecule has 22 saturated heterocycles. The van der Waals surface area contributed by atoms with Crippen molar-refractivity contribution in [2.24, 2.45) is 23.7 Å². The fraction of sp³-hybridized carbons (Fsp3) is 0.763. The molecule has 46 nitrogen and oxygen atoms in total. The largest absolute Gasteiger partial charge is 0.394 e. The molecule has 22 fully saturated rings. The molecule has 0 radical (unpaired) electrons. The number of nitrogens with zero attached hydrogens (tertiary/aromatic N) is 4. The molecule has 810 valence electrons. The van der Waals surface area contributed by atoms with Gasteiger partial charge in [-0.1, -0.05) is 108 Å². The zero-order valence-corrected chi connectivity index (χ0v) is 83.4. The van der Waals surface area contributed by atoms with E-state index in [1.54, 1.807) is 46.4 Å². The number of fused-ring (bicyclic) bond motifs is 3. The highest BCUT2D eigenvalue weighted by atomic mass is 31.0. The van der Waals surface area contributed by atoms with E-state index in [0.717, 1.165) is 16.7 Å². The van der Waals surface area contributed by atoms with Gasteiger partial charge in [0.2, 0.25) is 17.7 Å². The molecule has 35 atom stereocenters. The van der Waals surface area contributed by atoms with Crippen molar-refractivity contribution in [1.29, 1.82) is 0 Å². The van der Waals surface area contributed by atoms with E-state index in [9.17, 15) is 115 Å². The molecule has 12 bridgehead atoms. The number of ketones is 4. The van der Waals surface area contributed by atoms with Crippen molar-refractivity contribution in [2.75, 3.05) is 97.3 Å². The Morgan fingerprint density at radius 2 is 0.931 bits per heavy atom. The number of benzene rings is 2. The smallest absolute Gasteiger partial charge is 0.246 e. The number of ether oxygens (including phenoxy) is 17. The van der Waals surface area contributed by atoms with Gasteiger partial charge in [0.1, 0.15) is 176 Å². The molecular formula is C97H147N6O40P. The van der Waals surface area contributed by atoms with E-state index in [2.05, 4.69) is 32.8 Å². The number of carbonyl (C=O) groups excluding carboxylic acids is 7. The summed E-state index contributed by atoms with van der Waals surface area (Å²) in [7, 11) is 0. The summed E-state index contributed by atoms with van der Waals surface area (Å²) in [5.41, 5.74) is 3.92. The molecule has 0 spiro atoms. The van der Waals surface area contributed by atoms with E-state index >= 15 is 0 Å². The molecule has 23 aliphatic heterocycles. The number of amides is 3. The van der Waals surface area contributed by atoms with E-state index in [0.29, 0.717) is 76.1 Å². The number of nitrogens with one attached hydrogen (secondary N) is 2. The zero-order chi connectivity index (χ0) is 103. The summed E-state index contributed by atoms with van der Waals surface area (Å²) in [5.74, 6) is 2.21. The van der Waals surface area contributed by atoms with Crippen LogP contribution in [-0.2, 0) is 134 Å². The third kappa shape index (κ3) is 30.4. The lowest BCUT2D eigenvalue weighted by molar-refractivity contribution is -0.403. The van der Waals surface area contributed by atoms with E-state index in [4.69, 9.17) is 80.5 Å². The quantitative estimate of drug-likeness (QED) is 0.0147. The van der Waals surface area contributed by atoms with Crippen molar-refractivity contribution >= 4 is 56.4 Å². The fourth-order valence-corrected chi connectivity index (χ4v) is 19.1. The van der Waals surface area contributed by atoms with Crippen molar-refractivity contribution in [3.8, 4) is 11.8 Å². The molecule has 3 aromatic rings. The van der Waals surface area contributed by atoms with Crippen LogP contribution in [0.5, 0.6) is 0 Å². The molecule has 47 heteroatoms. The molecule has 1 aromatic heterocycles. The van der Waals surface area contributed by atoms with E-state index in [-0.39, 0.29) is 160 Å². The van der Waals surface area contributed by atoms with Crippen molar-refractivity contribution in [1.82, 2.24) is 25.6 Å². The number of unbranched alkanes of at least 4 members (excludes halogenated alkanes) is 1. The Hall–Kier alpha value is -6.66. The second-order valence-corrected chi connectivity index (χ2v) is 38.3. The van der Waals surface area contributed by atoms with E-state index < -0.39 is 260 Å². The van der Waals surface area contributed by atoms with Gasteiger partial charge < -0.3 is 178 Å². The molecule has 144 heavy (non-hydrogen) atoms. The number of carbonyl (C=O) groups is 7. The minimum atomic E-state index is -2.26. The number of Topliss-reactive ketones (excluding diaryl/α,β-unsaturated/α-hetero) is 4. The van der Waals surface area contributed by atoms with E-state index in [1.165, 1.54) is 4.68 Å². The molecule has 18 N–H and O–H groups in total. The molecule has 0 saturated carbocycles. The van der Waals surface area contributed by atoms with Crippen molar-refractivity contribution in [3.63, 3.8) is 0 Å². The first-order valence-corrected chi connectivity index (χ1v) is 49.6. The van der Waals surface area contributed by atoms with Gasteiger partial charge in [-0.05, 0) is 74.6 Å². The summed E-state index contributed by atoms with van der Waals surface area (Å²) in [6.07, 6.45) is -56.2. The number of hydrogen-bond acceptors (Lipinski definition) is 42. The normalized spacial score (nSPS) is 33.7. The first-order valence-electron chi connectivity index (χ1n) is 49.6. The second kappa shape index (κ2) is 57.0. The zero-order valence-electron chi connectivity index (χ0n) is 82.0. The lowest BCUT2D eigenvalue weighted by atomic mass is 9.87. The highest BCUT2D eigenvalue weighted by Crippen LogP contribution is 2.41. The van der Waals surface area contributed by atoms with Crippen LogP contribution in [0, 0.1) is 35.5 Å². The molecule has 24 heterocycles. The molecule has 3 amide bonds. The summed E-state index contributed by atoms with van der Waals surface area (Å²) in [4.78, 5) is 96.6. The molecule has 2 aromatic carbocycles. The van der Waals surface area contributed by atoms with Gasteiger partial charge >= 0.3 is 0 Å². The summed E-state index contributed by atoms with van der Waals surface area (Å²) >= 11 is 0. The van der Waals surface area contributed by atoms with Crippen LogP contribution >= 0.6 is 9.90 Å². The number of aliphatic hydroxyl groups is 16. The average molecular weight is 2070 g/mol. The monoisotopic (exact) mass is 2070 g/mol. The minimum Gasteiger partial charge on any atom is -0.394 e. The summed E-state index contributed by atoms with van der Waals surface area (Å²) in [5, 5.41) is 199. The number of hydrogen-bond donors (Lipinski definition) is 18. The van der Waals surface area contributed by atoms with Crippen LogP contribution in [-0.4, -0.2) is 420 Å². The molecule has 1 aliphatic carbocycles. The standard InChI is InChI=1S/C97H144N6O40.H3P/c1-7-61-85-73(114)79(120)92(132-61)140-87-64(44-104)136-96(83(124)77(87)118)143-90-67(47-107)135-95(82(123)76(90)117)139-86-63(133-93(80(121)74(86)115)141-88-65(45-105)137-97(84(125)78(88)119)142-89-66(46-106)134-94(138-85)81(122)75(89)116)43-103-59-24-9-8-10-25-62(71(59)100-101-103)131-48-68(111)98-31-16-15-20-54(91(126)99-70(49(2)3)60(110)40-51(6)72(113)50(4)5)41-57(109)30-33-128-35-37-130-39-38-129-36-34-127-32-17-22-56(108)28-29-69(112)102-42-55-21-12-11-18-52(55)26-27-53-19-13-14-23-58(53)102;/h11-14,18-19,21,23,49-51,54,61-67,70,73-90,92-97,104-107,114-125H,7-10,15-17,20,22,24-25,28-48H2,1-6H3,(H,98,111)(H,99,126);1H3/t51-,54+,61?,62?,63?,64?,65?,66?,67?,70+,73?,74?,75?,76?,77?,78?,79?,80?,81?,82?,83?,84?,85?,86?,87?,88?,89?,90?,92?,93?,94?,95?,96?,97?;/m1./s1. The Bertz CT molecular complexity index is 4580. The summed E-state index contributed by atoms with van der Waals surface area (Å²) < 4.78 is 103. The van der Waals surface area contributed by atoms with Crippen LogP contribution in [0.4, 0.5) is 5.69 Å². The third-order valence-electron chi connectivity index (χ3n) is 27.2. The first kappa shape index (κ1) is 118. The number of aliphatic hydroxyl groups excluding tert-OH is 16. The van der Waals surface area contributed by atoms with Crippen LogP contribution in [0.2, 0.25) is 0 Å². The van der Waals surface area contributed by atoms with Gasteiger partial charge in [-0.15, -0.1) is 5.10 Å². The van der Waals surface area contributed by atoms with Gasteiger partial charge in [-0.3, -0.25) is 33.6 Å². The van der Waals surface area contributed by atoms with Crippen LogP contribution in [0.1, 0.15) is 172 Å². The number of rotatable bonds is 44. The maximum atomic E-state index is 14.3. The molecule has 27 rings (SSSR count). The average Bonchev–Trinajstić information content (AvgIpc) is 1.14. The Labute approximate surface area is 837 Å². The van der Waals surface area contributed by atoms with Gasteiger partial charge in [-0.2, -0.15) is 9.90 Å². The van der Waals surface area contributed by atoms with Crippen molar-refractivity contribution < 1.29 is 196 Å². The van der Waals surface area contributed by atoms with Crippen molar-refractivity contribution in [2.45, 2.75) is 354 Å². The summed E-state index contributed by atoms with van der Waals surface area (Å²) in [6, 6.07) is 14.2. The fourth-order valence-electron chi connectivity index (χ4n) is 19.1. The maximum Gasteiger partial charge on any atom is 0.246 e. The number of aromatic nitrogens is 3. The summed E-state index contributed by atoms with van der Waals surface area (Å²) in [6.45, 7) is 7.37. The number of para-hydroxylation sites is 1. The third-order valence-corrected chi connectivity index (χ3v) is 27.2. The Morgan fingerprint density at radius 3 is 1.42 bits per heavy atom. The Balaban J connectivity index is 0.0000198. The van der Waals surface area contributed by atoms with E-state index in [1.807, 2.05) is 48.5 Å². The van der Waals surface area contributed by atoms with Crippen LogP contribution < -0.4 is 15.5 Å². The highest BCUT2D eigenvalue weighted by Gasteiger charge is 2.60. The maximum absolute atomic E-state index is 14.3. The van der Waals surface area contributed by atoms with Gasteiger partial charge in [-0.25, -0.2) is 4.68 Å². The predicted octanol–water partition coefficient (Wildman–Crippen LogP) is -3.75. The van der Waals surface area contributed by atoms with Crippen molar-refractivity contribution in [3.05, 3.63) is 76.6 Å².